The van der Waals surface area contributed by atoms with Crippen molar-refractivity contribution in [3.05, 3.63) is 75.9 Å². The van der Waals surface area contributed by atoms with Gasteiger partial charge in [-0.05, 0) is 68.5 Å². The second-order valence-corrected chi connectivity index (χ2v) is 14.2. The third-order valence-electron chi connectivity index (χ3n) is 10.0. The van der Waals surface area contributed by atoms with Crippen molar-refractivity contribution in [3.63, 3.8) is 0 Å². The number of fused-ring (bicyclic) bond motifs is 1. The quantitative estimate of drug-likeness (QED) is 0.263. The average molecular weight is 619 g/mol. The molecule has 0 radical (unpaired) electrons. The van der Waals surface area contributed by atoms with Crippen LogP contribution in [-0.4, -0.2) is 83.1 Å². The molecule has 2 unspecified atom stereocenters. The summed E-state index contributed by atoms with van der Waals surface area (Å²) in [5, 5.41) is 3.41. The molecule has 2 aromatic rings. The number of hydrogen-bond donors (Lipinski definition) is 1. The van der Waals surface area contributed by atoms with Crippen LogP contribution in [0.3, 0.4) is 0 Å². The van der Waals surface area contributed by atoms with E-state index in [4.69, 9.17) is 0 Å². The fraction of sp³-hybridized carbons (Fsp3) is 0.556. The number of hydrogen-bond acceptors (Lipinski definition) is 5. The van der Waals surface area contributed by atoms with Crippen molar-refractivity contribution in [1.29, 1.82) is 0 Å². The number of halogens is 1. The van der Waals surface area contributed by atoms with Gasteiger partial charge in [-0.25, -0.2) is 4.39 Å². The van der Waals surface area contributed by atoms with Gasteiger partial charge in [-0.2, -0.15) is 0 Å². The third kappa shape index (κ3) is 7.75. The lowest BCUT2D eigenvalue weighted by Gasteiger charge is -2.44. The third-order valence-corrected chi connectivity index (χ3v) is 11.4. The van der Waals surface area contributed by atoms with Gasteiger partial charge in [0.05, 0.1) is 4.91 Å². The van der Waals surface area contributed by atoms with Crippen molar-refractivity contribution in [2.75, 3.05) is 39.3 Å². The molecule has 4 fully saturated rings. The number of rotatable bonds is 9. The highest BCUT2D eigenvalue weighted by Gasteiger charge is 2.40. The van der Waals surface area contributed by atoms with Gasteiger partial charge in [-0.15, -0.1) is 11.8 Å². The number of thioether (sulfide) groups is 1. The van der Waals surface area contributed by atoms with E-state index in [1.165, 1.54) is 51.3 Å². The lowest BCUT2D eigenvalue weighted by Crippen LogP contribution is -2.51. The zero-order valence-corrected chi connectivity index (χ0v) is 26.7. The van der Waals surface area contributed by atoms with Crippen molar-refractivity contribution in [1.82, 2.24) is 20.0 Å². The molecule has 0 bridgehead atoms. The van der Waals surface area contributed by atoms with Crippen LogP contribution in [0.1, 0.15) is 85.7 Å². The molecule has 2 saturated heterocycles. The molecular formula is C36H47FN4O2S. The first-order valence-electron chi connectivity index (χ1n) is 16.8. The molecule has 0 aromatic heterocycles. The van der Waals surface area contributed by atoms with E-state index >= 15 is 0 Å². The molecule has 6 nitrogen and oxygen atoms in total. The lowest BCUT2D eigenvalue weighted by atomic mass is 9.92. The molecule has 1 N–H and O–H groups in total. The van der Waals surface area contributed by atoms with E-state index in [9.17, 15) is 14.0 Å². The Hall–Kier alpha value is -2.68. The van der Waals surface area contributed by atoms with E-state index in [-0.39, 0.29) is 23.7 Å². The van der Waals surface area contributed by atoms with Crippen LogP contribution in [0.25, 0.3) is 6.08 Å². The van der Waals surface area contributed by atoms with Crippen molar-refractivity contribution in [3.8, 4) is 0 Å². The van der Waals surface area contributed by atoms with Crippen LogP contribution < -0.4 is 5.32 Å². The highest BCUT2D eigenvalue weighted by molar-refractivity contribution is 8.04. The van der Waals surface area contributed by atoms with Crippen molar-refractivity contribution in [2.24, 2.45) is 0 Å². The molecular weight excluding hydrogens is 571 g/mol. The Labute approximate surface area is 266 Å². The number of amides is 2. The Morgan fingerprint density at radius 3 is 2.41 bits per heavy atom. The first-order chi connectivity index (χ1) is 21.5. The fourth-order valence-corrected chi connectivity index (χ4v) is 8.93. The van der Waals surface area contributed by atoms with Crippen LogP contribution in [0.2, 0.25) is 0 Å². The summed E-state index contributed by atoms with van der Waals surface area (Å²) >= 11 is 1.67. The van der Waals surface area contributed by atoms with Crippen molar-refractivity contribution < 1.29 is 14.0 Å². The monoisotopic (exact) mass is 618 g/mol. The standard InChI is InChI=1S/C36H47FN4O2S/c37-31-12-5-4-9-29(31)26-41-32-13-6-7-14-33(32)44-34(36(41)43)25-27-15-17-28(18-16-27)35(42)38-19-8-20-39-21-23-40(24-22-39)30-10-2-1-3-11-30/h4-5,9,12,15-18,25,30,32-33H,1-3,6-8,10-11,13-14,19-24,26H2,(H,38,42)/b34-25+. The van der Waals surface area contributed by atoms with E-state index in [2.05, 4.69) is 15.1 Å². The first kappa shape index (κ1) is 31.3. The average Bonchev–Trinajstić information content (AvgIpc) is 3.07. The first-order valence-corrected chi connectivity index (χ1v) is 17.7. The van der Waals surface area contributed by atoms with Crippen LogP contribution in [0.5, 0.6) is 0 Å². The van der Waals surface area contributed by atoms with Crippen molar-refractivity contribution in [2.45, 2.75) is 88.1 Å². The summed E-state index contributed by atoms with van der Waals surface area (Å²) in [5.74, 6) is -0.354. The summed E-state index contributed by atoms with van der Waals surface area (Å²) < 4.78 is 14.5. The number of benzene rings is 2. The minimum atomic E-state index is -0.266. The topological polar surface area (TPSA) is 55.9 Å². The normalized spacial score (nSPS) is 24.8. The van der Waals surface area contributed by atoms with Crippen LogP contribution in [0, 0.1) is 5.82 Å². The molecule has 6 rings (SSSR count). The number of nitrogens with one attached hydrogen (secondary N) is 1. The smallest absolute Gasteiger partial charge is 0.260 e. The van der Waals surface area contributed by atoms with E-state index in [1.807, 2.05) is 41.3 Å². The van der Waals surface area contributed by atoms with E-state index in [0.717, 1.165) is 63.3 Å². The number of nitrogens with zero attached hydrogens (tertiary/aromatic N) is 3. The summed E-state index contributed by atoms with van der Waals surface area (Å²) in [6.45, 7) is 6.59. The van der Waals surface area contributed by atoms with E-state index in [1.54, 1.807) is 23.9 Å². The summed E-state index contributed by atoms with van der Waals surface area (Å²) in [6.07, 6.45) is 14.1. The van der Waals surface area contributed by atoms with Crippen molar-refractivity contribution >= 4 is 29.7 Å². The van der Waals surface area contributed by atoms with Crippen LogP contribution in [0.4, 0.5) is 4.39 Å². The summed E-state index contributed by atoms with van der Waals surface area (Å²) in [6, 6.07) is 15.2. The molecule has 2 saturated carbocycles. The van der Waals surface area contributed by atoms with Gasteiger partial charge in [0, 0.05) is 67.7 Å². The second-order valence-electron chi connectivity index (χ2n) is 12.9. The zero-order chi connectivity index (χ0) is 30.3. The Morgan fingerprint density at radius 1 is 0.909 bits per heavy atom. The molecule has 2 aliphatic heterocycles. The molecule has 44 heavy (non-hydrogen) atoms. The van der Waals surface area contributed by atoms with Gasteiger partial charge in [-0.3, -0.25) is 14.5 Å². The second kappa shape index (κ2) is 15.1. The summed E-state index contributed by atoms with van der Waals surface area (Å²) in [7, 11) is 0. The molecule has 4 aliphatic rings. The number of carbonyl (C=O) groups is 2. The SMILES string of the molecule is O=C(NCCCN1CCN(C2CCCCC2)CC1)c1ccc(/C=C2/SC3CCCCC3N(Cc3ccccc3F)C2=O)cc1. The Kier molecular flexibility index (Phi) is 10.7. The number of carbonyl (C=O) groups excluding carboxylic acids is 2. The minimum absolute atomic E-state index is 0.0291. The Balaban J connectivity index is 0.992. The van der Waals surface area contributed by atoms with Crippen LogP contribution in [0.15, 0.2) is 53.4 Å². The van der Waals surface area contributed by atoms with Gasteiger partial charge >= 0.3 is 0 Å². The summed E-state index contributed by atoms with van der Waals surface area (Å²) in [5.41, 5.74) is 2.08. The minimum Gasteiger partial charge on any atom is -0.352 e. The highest BCUT2D eigenvalue weighted by atomic mass is 32.2. The van der Waals surface area contributed by atoms with Crippen LogP contribution in [-0.2, 0) is 11.3 Å². The molecule has 2 amide bonds. The Bertz CT molecular complexity index is 1300. The highest BCUT2D eigenvalue weighted by Crippen LogP contribution is 2.43. The van der Waals surface area contributed by atoms with E-state index in [0.29, 0.717) is 34.4 Å². The largest absolute Gasteiger partial charge is 0.352 e. The maximum atomic E-state index is 14.5. The molecule has 2 atom stereocenters. The van der Waals surface area contributed by atoms with Gasteiger partial charge in [0.15, 0.2) is 0 Å². The molecule has 2 aromatic carbocycles. The van der Waals surface area contributed by atoms with Gasteiger partial charge in [0.1, 0.15) is 5.82 Å². The summed E-state index contributed by atoms with van der Waals surface area (Å²) in [4.78, 5) is 34.3. The maximum absolute atomic E-state index is 14.5. The fourth-order valence-electron chi connectivity index (χ4n) is 7.46. The zero-order valence-electron chi connectivity index (χ0n) is 25.9. The molecule has 236 valence electrons. The molecule has 0 spiro atoms. The maximum Gasteiger partial charge on any atom is 0.260 e. The van der Waals surface area contributed by atoms with E-state index < -0.39 is 0 Å². The van der Waals surface area contributed by atoms with Gasteiger partial charge in [0.25, 0.3) is 11.8 Å². The predicted octanol–water partition coefficient (Wildman–Crippen LogP) is 6.32. The van der Waals surface area contributed by atoms with Gasteiger partial charge in [-0.1, -0.05) is 62.4 Å². The number of piperazine rings is 1. The van der Waals surface area contributed by atoms with Gasteiger partial charge < -0.3 is 15.1 Å². The molecule has 2 aliphatic carbocycles. The molecule has 2 heterocycles. The molecule has 8 heteroatoms. The predicted molar refractivity (Wildman–Crippen MR) is 177 cm³/mol. The van der Waals surface area contributed by atoms with Crippen LogP contribution >= 0.6 is 11.8 Å². The lowest BCUT2D eigenvalue weighted by molar-refractivity contribution is -0.130. The Morgan fingerprint density at radius 2 is 1.64 bits per heavy atom. The van der Waals surface area contributed by atoms with Gasteiger partial charge in [0.2, 0.25) is 0 Å².